The molecule has 0 aromatic heterocycles. The molecule has 0 saturated heterocycles. The molecule has 1 amide bonds. The second-order valence-corrected chi connectivity index (χ2v) is 4.92. The van der Waals surface area contributed by atoms with Gasteiger partial charge in [-0.25, -0.2) is 4.39 Å². The fraction of sp³-hybridized carbons (Fsp3) is 0.235. The summed E-state index contributed by atoms with van der Waals surface area (Å²) in [6.45, 7) is 2.89. The van der Waals surface area contributed by atoms with Crippen molar-refractivity contribution >= 4 is 11.6 Å². The molecule has 0 saturated carbocycles. The Morgan fingerprint density at radius 2 is 1.81 bits per heavy atom. The number of hydrogen-bond donors (Lipinski definition) is 2. The molecular formula is C17H19FN2O. The zero-order valence-corrected chi connectivity index (χ0v) is 12.0. The molecule has 110 valence electrons. The van der Waals surface area contributed by atoms with E-state index >= 15 is 0 Å². The Morgan fingerprint density at radius 1 is 1.10 bits per heavy atom. The third-order valence-corrected chi connectivity index (χ3v) is 3.21. The highest BCUT2D eigenvalue weighted by atomic mass is 19.1. The van der Waals surface area contributed by atoms with E-state index in [2.05, 4.69) is 10.6 Å². The highest BCUT2D eigenvalue weighted by Crippen LogP contribution is 2.12. The van der Waals surface area contributed by atoms with E-state index in [0.717, 1.165) is 23.2 Å². The van der Waals surface area contributed by atoms with Crippen LogP contribution in [0.4, 0.5) is 10.1 Å². The molecule has 2 aromatic carbocycles. The minimum atomic E-state index is -0.232. The summed E-state index contributed by atoms with van der Waals surface area (Å²) in [6, 6.07) is 14.1. The van der Waals surface area contributed by atoms with Crippen LogP contribution in [0.1, 0.15) is 11.1 Å². The molecule has 0 fully saturated rings. The molecule has 0 aliphatic rings. The Kier molecular flexibility index (Phi) is 5.46. The monoisotopic (exact) mass is 286 g/mol. The lowest BCUT2D eigenvalue weighted by Crippen LogP contribution is -2.29. The highest BCUT2D eigenvalue weighted by Gasteiger charge is 2.03. The van der Waals surface area contributed by atoms with E-state index in [1.165, 1.54) is 12.1 Å². The first-order valence-electron chi connectivity index (χ1n) is 6.96. The SMILES string of the molecule is Cc1ccccc1NC(=O)CNCCc1ccc(F)cc1. The van der Waals surface area contributed by atoms with Crippen molar-refractivity contribution in [2.24, 2.45) is 0 Å². The number of rotatable bonds is 6. The third-order valence-electron chi connectivity index (χ3n) is 3.21. The largest absolute Gasteiger partial charge is 0.325 e. The van der Waals surface area contributed by atoms with E-state index in [4.69, 9.17) is 0 Å². The van der Waals surface area contributed by atoms with Gasteiger partial charge in [-0.2, -0.15) is 0 Å². The number of anilines is 1. The number of benzene rings is 2. The molecule has 4 heteroatoms. The summed E-state index contributed by atoms with van der Waals surface area (Å²) in [5, 5.41) is 5.95. The number of nitrogens with one attached hydrogen (secondary N) is 2. The summed E-state index contributed by atoms with van der Waals surface area (Å²) in [5.74, 6) is -0.298. The number of halogens is 1. The molecule has 0 bridgehead atoms. The number of hydrogen-bond acceptors (Lipinski definition) is 2. The number of para-hydroxylation sites is 1. The zero-order chi connectivity index (χ0) is 15.1. The van der Waals surface area contributed by atoms with Crippen LogP contribution in [0.15, 0.2) is 48.5 Å². The van der Waals surface area contributed by atoms with Gasteiger partial charge in [0.15, 0.2) is 0 Å². The van der Waals surface area contributed by atoms with Gasteiger partial charge in [0, 0.05) is 5.69 Å². The van der Waals surface area contributed by atoms with Crippen LogP contribution in [0.25, 0.3) is 0 Å². The van der Waals surface area contributed by atoms with E-state index in [0.29, 0.717) is 6.54 Å². The molecule has 3 nitrogen and oxygen atoms in total. The first-order chi connectivity index (χ1) is 10.1. The van der Waals surface area contributed by atoms with Gasteiger partial charge in [-0.05, 0) is 49.2 Å². The number of aryl methyl sites for hydroxylation is 1. The molecule has 2 aromatic rings. The van der Waals surface area contributed by atoms with Gasteiger partial charge in [0.1, 0.15) is 5.82 Å². The van der Waals surface area contributed by atoms with Gasteiger partial charge < -0.3 is 10.6 Å². The fourth-order valence-electron chi connectivity index (χ4n) is 1.99. The van der Waals surface area contributed by atoms with E-state index in [1.54, 1.807) is 12.1 Å². The fourth-order valence-corrected chi connectivity index (χ4v) is 1.99. The first-order valence-corrected chi connectivity index (χ1v) is 6.96. The molecule has 0 aliphatic heterocycles. The van der Waals surface area contributed by atoms with Crippen molar-refractivity contribution in [1.29, 1.82) is 0 Å². The van der Waals surface area contributed by atoms with Crippen molar-refractivity contribution in [2.45, 2.75) is 13.3 Å². The average Bonchev–Trinajstić information content (AvgIpc) is 2.48. The smallest absolute Gasteiger partial charge is 0.238 e. The Hall–Kier alpha value is -2.20. The third kappa shape index (κ3) is 5.00. The van der Waals surface area contributed by atoms with E-state index in [1.807, 2.05) is 31.2 Å². The molecule has 0 atom stereocenters. The van der Waals surface area contributed by atoms with Gasteiger partial charge in [-0.15, -0.1) is 0 Å². The Labute approximate surface area is 124 Å². The molecule has 2 rings (SSSR count). The first kappa shape index (κ1) is 15.2. The van der Waals surface area contributed by atoms with Crippen LogP contribution in [-0.4, -0.2) is 19.0 Å². The summed E-state index contributed by atoms with van der Waals surface area (Å²) < 4.78 is 12.8. The maximum Gasteiger partial charge on any atom is 0.238 e. The predicted molar refractivity (Wildman–Crippen MR) is 82.8 cm³/mol. The van der Waals surface area contributed by atoms with Gasteiger partial charge in [0.05, 0.1) is 6.54 Å². The number of amides is 1. The molecule has 0 aliphatic carbocycles. The van der Waals surface area contributed by atoms with Gasteiger partial charge in [-0.3, -0.25) is 4.79 Å². The maximum absolute atomic E-state index is 12.8. The van der Waals surface area contributed by atoms with E-state index < -0.39 is 0 Å². The van der Waals surface area contributed by atoms with Gasteiger partial charge >= 0.3 is 0 Å². The lowest BCUT2D eigenvalue weighted by molar-refractivity contribution is -0.115. The molecule has 21 heavy (non-hydrogen) atoms. The van der Waals surface area contributed by atoms with Crippen molar-refractivity contribution in [3.8, 4) is 0 Å². The second kappa shape index (κ2) is 7.55. The normalized spacial score (nSPS) is 10.4. The van der Waals surface area contributed by atoms with Crippen LogP contribution >= 0.6 is 0 Å². The lowest BCUT2D eigenvalue weighted by Gasteiger charge is -2.09. The molecular weight excluding hydrogens is 267 g/mol. The number of carbonyl (C=O) groups is 1. The standard InChI is InChI=1S/C17H19FN2O/c1-13-4-2-3-5-16(13)20-17(21)12-19-11-10-14-6-8-15(18)9-7-14/h2-9,19H,10-12H2,1H3,(H,20,21). The van der Waals surface area contributed by atoms with Gasteiger partial charge in [0.2, 0.25) is 5.91 Å². The van der Waals surface area contributed by atoms with Gasteiger partial charge in [-0.1, -0.05) is 30.3 Å². The quantitative estimate of drug-likeness (QED) is 0.802. The maximum atomic E-state index is 12.8. The van der Waals surface area contributed by atoms with Crippen LogP contribution < -0.4 is 10.6 Å². The lowest BCUT2D eigenvalue weighted by atomic mass is 10.1. The van der Waals surface area contributed by atoms with E-state index in [9.17, 15) is 9.18 Å². The Morgan fingerprint density at radius 3 is 2.52 bits per heavy atom. The van der Waals surface area contributed by atoms with Crippen LogP contribution in [0.5, 0.6) is 0 Å². The molecule has 0 heterocycles. The second-order valence-electron chi connectivity index (χ2n) is 4.92. The molecule has 0 unspecified atom stereocenters. The van der Waals surface area contributed by atoms with Crippen LogP contribution in [-0.2, 0) is 11.2 Å². The molecule has 2 N–H and O–H groups in total. The highest BCUT2D eigenvalue weighted by molar-refractivity contribution is 5.92. The molecule has 0 radical (unpaired) electrons. The van der Waals surface area contributed by atoms with Crippen LogP contribution in [0.3, 0.4) is 0 Å². The minimum Gasteiger partial charge on any atom is -0.325 e. The Bertz CT molecular complexity index is 596. The minimum absolute atomic E-state index is 0.0663. The summed E-state index contributed by atoms with van der Waals surface area (Å²) >= 11 is 0. The van der Waals surface area contributed by atoms with Crippen LogP contribution in [0.2, 0.25) is 0 Å². The zero-order valence-electron chi connectivity index (χ0n) is 12.0. The van der Waals surface area contributed by atoms with Crippen molar-refractivity contribution < 1.29 is 9.18 Å². The number of carbonyl (C=O) groups excluding carboxylic acids is 1. The van der Waals surface area contributed by atoms with Crippen molar-refractivity contribution in [3.05, 3.63) is 65.5 Å². The summed E-state index contributed by atoms with van der Waals surface area (Å²) in [7, 11) is 0. The summed E-state index contributed by atoms with van der Waals surface area (Å²) in [6.07, 6.45) is 0.762. The average molecular weight is 286 g/mol. The summed E-state index contributed by atoms with van der Waals surface area (Å²) in [4.78, 5) is 11.8. The molecule has 0 spiro atoms. The predicted octanol–water partition coefficient (Wildman–Crippen LogP) is 2.90. The van der Waals surface area contributed by atoms with Crippen LogP contribution in [0, 0.1) is 12.7 Å². The van der Waals surface area contributed by atoms with Crippen molar-refractivity contribution in [1.82, 2.24) is 5.32 Å². The van der Waals surface area contributed by atoms with Crippen molar-refractivity contribution in [2.75, 3.05) is 18.4 Å². The topological polar surface area (TPSA) is 41.1 Å². The summed E-state index contributed by atoms with van der Waals surface area (Å²) in [5.41, 5.74) is 2.92. The van der Waals surface area contributed by atoms with Crippen molar-refractivity contribution in [3.63, 3.8) is 0 Å². The van der Waals surface area contributed by atoms with E-state index in [-0.39, 0.29) is 18.3 Å². The van der Waals surface area contributed by atoms with Gasteiger partial charge in [0.25, 0.3) is 0 Å². The Balaban J connectivity index is 1.70.